The van der Waals surface area contributed by atoms with E-state index >= 15 is 0 Å². The van der Waals surface area contributed by atoms with Gasteiger partial charge in [-0.05, 0) is 28.1 Å². The van der Waals surface area contributed by atoms with Crippen LogP contribution in [0.25, 0.3) is 0 Å². The van der Waals surface area contributed by atoms with Gasteiger partial charge in [0, 0.05) is 44.8 Å². The minimum Gasteiger partial charge on any atom is -0.339 e. The van der Waals surface area contributed by atoms with Gasteiger partial charge in [0.25, 0.3) is 0 Å². The Bertz CT molecular complexity index is 684. The third-order valence-electron chi connectivity index (χ3n) is 3.95. The van der Waals surface area contributed by atoms with Crippen molar-refractivity contribution in [3.63, 3.8) is 0 Å². The Labute approximate surface area is 149 Å². The number of halogens is 1. The highest BCUT2D eigenvalue weighted by atomic mass is 35.5. The molecule has 24 heavy (non-hydrogen) atoms. The van der Waals surface area contributed by atoms with Gasteiger partial charge in [-0.15, -0.1) is 5.10 Å². The first-order chi connectivity index (χ1) is 11.6. The molecule has 0 N–H and O–H groups in total. The maximum absolute atomic E-state index is 12.3. The summed E-state index contributed by atoms with van der Waals surface area (Å²) in [6.07, 6.45) is 0. The number of aryl methyl sites for hydroxylation is 1. The first kappa shape index (κ1) is 17.2. The minimum atomic E-state index is 0.133. The standard InChI is InChI=1S/C15H19ClN6OS/c1-20-15(17-18-19-20)24-11-14(23)22-8-6-21(7-9-22)10-12-2-4-13(16)5-3-12/h2-5H,6-11H2,1H3. The fourth-order valence-electron chi connectivity index (χ4n) is 2.56. The molecule has 1 fully saturated rings. The Morgan fingerprint density at radius 2 is 1.92 bits per heavy atom. The minimum absolute atomic E-state index is 0.133. The van der Waals surface area contributed by atoms with E-state index in [1.165, 1.54) is 17.3 Å². The van der Waals surface area contributed by atoms with E-state index in [0.717, 1.165) is 37.7 Å². The zero-order valence-corrected chi connectivity index (χ0v) is 15.0. The van der Waals surface area contributed by atoms with Gasteiger partial charge in [0.15, 0.2) is 0 Å². The van der Waals surface area contributed by atoms with Crippen molar-refractivity contribution < 1.29 is 4.79 Å². The van der Waals surface area contributed by atoms with E-state index in [1.54, 1.807) is 11.7 Å². The summed E-state index contributed by atoms with van der Waals surface area (Å²) in [6, 6.07) is 7.92. The van der Waals surface area contributed by atoms with Crippen LogP contribution < -0.4 is 0 Å². The maximum atomic E-state index is 12.3. The Hall–Kier alpha value is -1.64. The van der Waals surface area contributed by atoms with Crippen LogP contribution in [0.5, 0.6) is 0 Å². The molecule has 1 aliphatic rings. The normalized spacial score (nSPS) is 15.7. The quantitative estimate of drug-likeness (QED) is 0.743. The SMILES string of the molecule is Cn1nnnc1SCC(=O)N1CCN(Cc2ccc(Cl)cc2)CC1. The number of aromatic nitrogens is 4. The first-order valence-electron chi connectivity index (χ1n) is 7.71. The lowest BCUT2D eigenvalue weighted by Crippen LogP contribution is -2.48. The third kappa shape index (κ3) is 4.46. The Kier molecular flexibility index (Phi) is 5.70. The number of carbonyl (C=O) groups is 1. The highest BCUT2D eigenvalue weighted by Crippen LogP contribution is 2.15. The topological polar surface area (TPSA) is 67.2 Å². The number of rotatable bonds is 5. The van der Waals surface area contributed by atoms with Gasteiger partial charge in [-0.1, -0.05) is 35.5 Å². The molecular formula is C15H19ClN6OS. The van der Waals surface area contributed by atoms with Crippen molar-refractivity contribution >= 4 is 29.3 Å². The summed E-state index contributed by atoms with van der Waals surface area (Å²) in [5.74, 6) is 0.500. The summed E-state index contributed by atoms with van der Waals surface area (Å²) in [4.78, 5) is 16.6. The number of piperazine rings is 1. The van der Waals surface area contributed by atoms with Crippen LogP contribution in [0.1, 0.15) is 5.56 Å². The van der Waals surface area contributed by atoms with Crippen molar-refractivity contribution in [2.75, 3.05) is 31.9 Å². The fourth-order valence-corrected chi connectivity index (χ4v) is 3.44. The average Bonchev–Trinajstić information content (AvgIpc) is 3.00. The first-order valence-corrected chi connectivity index (χ1v) is 9.08. The summed E-state index contributed by atoms with van der Waals surface area (Å²) in [5.41, 5.74) is 1.24. The smallest absolute Gasteiger partial charge is 0.233 e. The highest BCUT2D eigenvalue weighted by Gasteiger charge is 2.21. The molecule has 128 valence electrons. The molecule has 0 aliphatic carbocycles. The monoisotopic (exact) mass is 366 g/mol. The molecule has 1 aromatic heterocycles. The van der Waals surface area contributed by atoms with Gasteiger partial charge in [-0.25, -0.2) is 4.68 Å². The second-order valence-electron chi connectivity index (χ2n) is 5.66. The van der Waals surface area contributed by atoms with Gasteiger partial charge in [-0.3, -0.25) is 9.69 Å². The summed E-state index contributed by atoms with van der Waals surface area (Å²) < 4.78 is 1.57. The summed E-state index contributed by atoms with van der Waals surface area (Å²) in [6.45, 7) is 4.15. The number of amides is 1. The molecule has 3 rings (SSSR count). The molecule has 0 bridgehead atoms. The average molecular weight is 367 g/mol. The molecule has 0 spiro atoms. The van der Waals surface area contributed by atoms with Crippen molar-refractivity contribution in [3.05, 3.63) is 34.9 Å². The zero-order valence-electron chi connectivity index (χ0n) is 13.4. The van der Waals surface area contributed by atoms with Gasteiger partial charge < -0.3 is 4.90 Å². The van der Waals surface area contributed by atoms with Crippen molar-refractivity contribution in [2.24, 2.45) is 7.05 Å². The molecule has 0 atom stereocenters. The van der Waals surface area contributed by atoms with E-state index in [2.05, 4.69) is 20.4 Å². The van der Waals surface area contributed by atoms with Gasteiger partial charge in [0.1, 0.15) is 0 Å². The van der Waals surface area contributed by atoms with Crippen molar-refractivity contribution in [1.29, 1.82) is 0 Å². The number of carbonyl (C=O) groups excluding carboxylic acids is 1. The number of hydrogen-bond donors (Lipinski definition) is 0. The van der Waals surface area contributed by atoms with Crippen LogP contribution in [0.15, 0.2) is 29.4 Å². The lowest BCUT2D eigenvalue weighted by atomic mass is 10.2. The second kappa shape index (κ2) is 7.96. The maximum Gasteiger partial charge on any atom is 0.233 e. The Morgan fingerprint density at radius 3 is 2.54 bits per heavy atom. The van der Waals surface area contributed by atoms with Crippen LogP contribution in [-0.2, 0) is 18.4 Å². The largest absolute Gasteiger partial charge is 0.339 e. The van der Waals surface area contributed by atoms with Gasteiger partial charge in [-0.2, -0.15) is 0 Å². The number of nitrogens with zero attached hydrogens (tertiary/aromatic N) is 6. The molecule has 1 aliphatic heterocycles. The van der Waals surface area contributed by atoms with Gasteiger partial charge in [0.05, 0.1) is 5.75 Å². The number of benzene rings is 1. The van der Waals surface area contributed by atoms with Gasteiger partial charge >= 0.3 is 0 Å². The number of tetrazole rings is 1. The molecule has 2 aromatic rings. The van der Waals surface area contributed by atoms with E-state index < -0.39 is 0 Å². The van der Waals surface area contributed by atoms with E-state index in [0.29, 0.717) is 10.9 Å². The molecule has 0 saturated carbocycles. The molecule has 9 heteroatoms. The van der Waals surface area contributed by atoms with Crippen LogP contribution >= 0.6 is 23.4 Å². The highest BCUT2D eigenvalue weighted by molar-refractivity contribution is 7.99. The molecule has 7 nitrogen and oxygen atoms in total. The van der Waals surface area contributed by atoms with Crippen LogP contribution in [0.2, 0.25) is 5.02 Å². The zero-order chi connectivity index (χ0) is 16.9. The van der Waals surface area contributed by atoms with E-state index in [1.807, 2.05) is 29.2 Å². The third-order valence-corrected chi connectivity index (χ3v) is 5.20. The molecule has 1 aromatic carbocycles. The van der Waals surface area contributed by atoms with Crippen molar-refractivity contribution in [1.82, 2.24) is 30.0 Å². The van der Waals surface area contributed by atoms with Crippen LogP contribution in [0.4, 0.5) is 0 Å². The lowest BCUT2D eigenvalue weighted by molar-refractivity contribution is -0.130. The molecule has 2 heterocycles. The van der Waals surface area contributed by atoms with E-state index in [-0.39, 0.29) is 5.91 Å². The van der Waals surface area contributed by atoms with Crippen LogP contribution in [0.3, 0.4) is 0 Å². The summed E-state index contributed by atoms with van der Waals surface area (Å²) >= 11 is 7.28. The lowest BCUT2D eigenvalue weighted by Gasteiger charge is -2.34. The fraction of sp³-hybridized carbons (Fsp3) is 0.467. The number of thioether (sulfide) groups is 1. The second-order valence-corrected chi connectivity index (χ2v) is 7.04. The van der Waals surface area contributed by atoms with Crippen LogP contribution in [-0.4, -0.2) is 67.8 Å². The van der Waals surface area contributed by atoms with Crippen molar-refractivity contribution in [2.45, 2.75) is 11.7 Å². The predicted molar refractivity (Wildman–Crippen MR) is 92.8 cm³/mol. The Morgan fingerprint density at radius 1 is 1.21 bits per heavy atom. The predicted octanol–water partition coefficient (Wildman–Crippen LogP) is 1.30. The molecule has 0 unspecified atom stereocenters. The van der Waals surface area contributed by atoms with E-state index in [4.69, 9.17) is 11.6 Å². The van der Waals surface area contributed by atoms with Gasteiger partial charge in [0.2, 0.25) is 11.1 Å². The van der Waals surface area contributed by atoms with E-state index in [9.17, 15) is 4.79 Å². The van der Waals surface area contributed by atoms with Crippen molar-refractivity contribution in [3.8, 4) is 0 Å². The molecule has 0 radical (unpaired) electrons. The summed E-state index contributed by atoms with van der Waals surface area (Å²) in [5, 5.41) is 12.6. The Balaban J connectivity index is 1.43. The summed E-state index contributed by atoms with van der Waals surface area (Å²) in [7, 11) is 1.77. The molecule has 1 amide bonds. The number of hydrogen-bond acceptors (Lipinski definition) is 6. The molecule has 1 saturated heterocycles. The molecular weight excluding hydrogens is 348 g/mol. The van der Waals surface area contributed by atoms with Crippen LogP contribution in [0, 0.1) is 0 Å².